The van der Waals surface area contributed by atoms with Crippen molar-refractivity contribution in [1.29, 1.82) is 0 Å². The summed E-state index contributed by atoms with van der Waals surface area (Å²) in [5.41, 5.74) is 3.20. The predicted molar refractivity (Wildman–Crippen MR) is 83.8 cm³/mol. The fourth-order valence-corrected chi connectivity index (χ4v) is 3.81. The second kappa shape index (κ2) is 4.78. The third-order valence-electron chi connectivity index (χ3n) is 5.16. The molecule has 0 saturated heterocycles. The van der Waals surface area contributed by atoms with Gasteiger partial charge in [0.05, 0.1) is 5.69 Å². The molecule has 3 heterocycles. The molecule has 0 bridgehead atoms. The summed E-state index contributed by atoms with van der Waals surface area (Å²) in [6.45, 7) is 0. The second-order valence-electron chi connectivity index (χ2n) is 6.74. The molecular weight excluding hydrogens is 276 g/mol. The zero-order chi connectivity index (χ0) is 14.5. The Hall–Kier alpha value is -1.95. The van der Waals surface area contributed by atoms with Gasteiger partial charge in [0, 0.05) is 29.6 Å². The quantitative estimate of drug-likeness (QED) is 0.778. The molecule has 2 N–H and O–H groups in total. The zero-order valence-corrected chi connectivity index (χ0v) is 12.5. The number of rotatable bonds is 3. The van der Waals surface area contributed by atoms with E-state index in [1.165, 1.54) is 38.5 Å². The third kappa shape index (κ3) is 2.01. The highest BCUT2D eigenvalue weighted by atomic mass is 15.4. The summed E-state index contributed by atoms with van der Waals surface area (Å²) < 4.78 is 1.82. The number of hydrogen-bond donors (Lipinski definition) is 2. The normalized spacial score (nSPS) is 26.0. The van der Waals surface area contributed by atoms with E-state index in [9.17, 15) is 0 Å². The summed E-state index contributed by atoms with van der Waals surface area (Å²) in [5.74, 6) is 0.523. The highest BCUT2D eigenvalue weighted by Gasteiger charge is 2.30. The van der Waals surface area contributed by atoms with E-state index in [0.29, 0.717) is 12.0 Å². The Labute approximate surface area is 128 Å². The van der Waals surface area contributed by atoms with Crippen LogP contribution in [0.2, 0.25) is 0 Å². The predicted octanol–water partition coefficient (Wildman–Crippen LogP) is 2.38. The molecular formula is C16H20N6. The average Bonchev–Trinajstić information content (AvgIpc) is 3.07. The van der Waals surface area contributed by atoms with Crippen LogP contribution in [-0.4, -0.2) is 36.9 Å². The van der Waals surface area contributed by atoms with Crippen molar-refractivity contribution in [2.24, 2.45) is 0 Å². The van der Waals surface area contributed by atoms with Gasteiger partial charge >= 0.3 is 0 Å². The van der Waals surface area contributed by atoms with Gasteiger partial charge in [-0.25, -0.2) is 9.50 Å². The zero-order valence-electron chi connectivity index (χ0n) is 12.5. The first-order valence-corrected chi connectivity index (χ1v) is 8.31. The molecule has 6 nitrogen and oxygen atoms in total. The molecule has 3 aromatic rings. The third-order valence-corrected chi connectivity index (χ3v) is 5.16. The van der Waals surface area contributed by atoms with Gasteiger partial charge in [-0.2, -0.15) is 0 Å². The van der Waals surface area contributed by atoms with Crippen molar-refractivity contribution >= 4 is 16.6 Å². The van der Waals surface area contributed by atoms with E-state index >= 15 is 0 Å². The summed E-state index contributed by atoms with van der Waals surface area (Å²) in [5, 5.41) is 13.7. The molecule has 0 unspecified atom stereocenters. The molecule has 2 aliphatic carbocycles. The van der Waals surface area contributed by atoms with Gasteiger partial charge in [0.15, 0.2) is 0 Å². The molecule has 6 heteroatoms. The van der Waals surface area contributed by atoms with Crippen molar-refractivity contribution in [3.05, 3.63) is 24.3 Å². The smallest absolute Gasteiger partial charge is 0.141 e. The number of aromatic nitrogens is 5. The van der Waals surface area contributed by atoms with Crippen molar-refractivity contribution in [2.45, 2.75) is 56.5 Å². The molecule has 0 aliphatic heterocycles. The molecule has 2 fully saturated rings. The van der Waals surface area contributed by atoms with Gasteiger partial charge in [-0.3, -0.25) is 0 Å². The van der Waals surface area contributed by atoms with Crippen LogP contribution in [0.3, 0.4) is 0 Å². The Morgan fingerprint density at radius 2 is 1.86 bits per heavy atom. The van der Waals surface area contributed by atoms with Crippen LogP contribution in [0.15, 0.2) is 18.6 Å². The van der Waals surface area contributed by atoms with Crippen LogP contribution in [0.1, 0.15) is 50.1 Å². The second-order valence-corrected chi connectivity index (χ2v) is 6.74. The van der Waals surface area contributed by atoms with E-state index in [1.54, 1.807) is 6.33 Å². The molecule has 0 amide bonds. The first-order valence-electron chi connectivity index (χ1n) is 8.31. The Bertz CT molecular complexity index is 806. The molecule has 5 rings (SSSR count). The summed E-state index contributed by atoms with van der Waals surface area (Å²) in [4.78, 5) is 7.55. The molecule has 114 valence electrons. The molecule has 0 aromatic carbocycles. The van der Waals surface area contributed by atoms with Gasteiger partial charge in [0.1, 0.15) is 17.5 Å². The van der Waals surface area contributed by atoms with Gasteiger partial charge in [-0.15, -0.1) is 5.10 Å². The van der Waals surface area contributed by atoms with Crippen molar-refractivity contribution in [3.63, 3.8) is 0 Å². The van der Waals surface area contributed by atoms with Gasteiger partial charge < -0.3 is 10.3 Å². The maximum Gasteiger partial charge on any atom is 0.141 e. The SMILES string of the molecule is c1cc2c(ncn3nnc(C4CCC(NC5CC5)CC4)c23)[nH]1. The number of H-pyrrole nitrogens is 1. The minimum atomic E-state index is 0.523. The number of nitrogens with one attached hydrogen (secondary N) is 2. The summed E-state index contributed by atoms with van der Waals surface area (Å²) in [6, 6.07) is 3.59. The van der Waals surface area contributed by atoms with Gasteiger partial charge in [-0.05, 0) is 44.6 Å². The van der Waals surface area contributed by atoms with Crippen LogP contribution < -0.4 is 5.32 Å². The highest BCUT2D eigenvalue weighted by molar-refractivity contribution is 5.92. The maximum absolute atomic E-state index is 4.49. The highest BCUT2D eigenvalue weighted by Crippen LogP contribution is 2.36. The average molecular weight is 296 g/mol. The lowest BCUT2D eigenvalue weighted by atomic mass is 9.83. The standard InChI is InChI=1S/C16H20N6/c1-3-11(19-12-5-6-12)4-2-10(1)14-15-13-7-8-17-16(13)18-9-22(15)21-20-14/h7-12,17,19H,1-6H2. The molecule has 2 saturated carbocycles. The topological polar surface area (TPSA) is 70.9 Å². The van der Waals surface area contributed by atoms with Crippen LogP contribution in [0.25, 0.3) is 16.6 Å². The van der Waals surface area contributed by atoms with E-state index < -0.39 is 0 Å². The van der Waals surface area contributed by atoms with Crippen molar-refractivity contribution in [3.8, 4) is 0 Å². The fourth-order valence-electron chi connectivity index (χ4n) is 3.81. The van der Waals surface area contributed by atoms with Crippen LogP contribution in [0.4, 0.5) is 0 Å². The van der Waals surface area contributed by atoms with E-state index in [4.69, 9.17) is 0 Å². The first-order chi connectivity index (χ1) is 10.9. The van der Waals surface area contributed by atoms with E-state index in [1.807, 2.05) is 10.7 Å². The van der Waals surface area contributed by atoms with Crippen molar-refractivity contribution in [1.82, 2.24) is 30.1 Å². The van der Waals surface area contributed by atoms with E-state index in [0.717, 1.165) is 28.3 Å². The minimum Gasteiger partial charge on any atom is -0.346 e. The number of aromatic amines is 1. The van der Waals surface area contributed by atoms with Gasteiger partial charge in [-0.1, -0.05) is 5.21 Å². The molecule has 0 atom stereocenters. The Morgan fingerprint density at radius 1 is 1.09 bits per heavy atom. The Balaban J connectivity index is 1.45. The van der Waals surface area contributed by atoms with Crippen LogP contribution in [0, 0.1) is 0 Å². The monoisotopic (exact) mass is 296 g/mol. The summed E-state index contributed by atoms with van der Waals surface area (Å²) >= 11 is 0. The van der Waals surface area contributed by atoms with Crippen molar-refractivity contribution < 1.29 is 0 Å². The number of hydrogen-bond acceptors (Lipinski definition) is 4. The molecule has 0 radical (unpaired) electrons. The van der Waals surface area contributed by atoms with Crippen LogP contribution in [-0.2, 0) is 0 Å². The van der Waals surface area contributed by atoms with Crippen LogP contribution >= 0.6 is 0 Å². The molecule has 2 aliphatic rings. The Morgan fingerprint density at radius 3 is 2.64 bits per heavy atom. The summed E-state index contributed by atoms with van der Waals surface area (Å²) in [7, 11) is 0. The lowest BCUT2D eigenvalue weighted by Gasteiger charge is -2.28. The lowest BCUT2D eigenvalue weighted by Crippen LogP contribution is -2.34. The van der Waals surface area contributed by atoms with Gasteiger partial charge in [0.25, 0.3) is 0 Å². The number of nitrogens with zero attached hydrogens (tertiary/aromatic N) is 4. The van der Waals surface area contributed by atoms with E-state index in [-0.39, 0.29) is 0 Å². The Kier molecular flexibility index (Phi) is 2.73. The van der Waals surface area contributed by atoms with Gasteiger partial charge in [0.2, 0.25) is 0 Å². The first kappa shape index (κ1) is 12.6. The molecule has 0 spiro atoms. The van der Waals surface area contributed by atoms with Crippen LogP contribution in [0.5, 0.6) is 0 Å². The summed E-state index contributed by atoms with van der Waals surface area (Å²) in [6.07, 6.45) is 11.3. The minimum absolute atomic E-state index is 0.523. The fraction of sp³-hybridized carbons (Fsp3) is 0.562. The maximum atomic E-state index is 4.49. The largest absolute Gasteiger partial charge is 0.346 e. The molecule has 3 aromatic heterocycles. The number of fused-ring (bicyclic) bond motifs is 3. The van der Waals surface area contributed by atoms with Crippen molar-refractivity contribution in [2.75, 3.05) is 0 Å². The molecule has 22 heavy (non-hydrogen) atoms. The lowest BCUT2D eigenvalue weighted by molar-refractivity contribution is 0.338. The van der Waals surface area contributed by atoms with E-state index in [2.05, 4.69) is 31.7 Å².